The molecule has 0 radical (unpaired) electrons. The Morgan fingerprint density at radius 3 is 2.89 bits per heavy atom. The molecular weight excluding hydrogens is 412 g/mol. The molecule has 0 spiro atoms. The standard InChI is InChI=1S/C15H18N4O5S3/c1-24-15(18-9(20)3-8-6-27-14(16)17-8)12(23)19-10(11(21)22)7(4-25-2)5-26-13(15)19/h6,13H,3-5H2,1-2H3,(H2,16,17)(H,18,20)(H,21,22)/t13-,15+/m1/s1. The largest absolute Gasteiger partial charge is 0.477 e. The monoisotopic (exact) mass is 430 g/mol. The minimum atomic E-state index is -1.59. The third kappa shape index (κ3) is 3.42. The Balaban J connectivity index is 1.81. The summed E-state index contributed by atoms with van der Waals surface area (Å²) in [6.07, 6.45) is 1.81. The number of thioether (sulfide) groups is 2. The highest BCUT2D eigenvalue weighted by Crippen LogP contribution is 2.46. The molecule has 3 heterocycles. The van der Waals surface area contributed by atoms with Crippen molar-refractivity contribution in [3.8, 4) is 0 Å². The summed E-state index contributed by atoms with van der Waals surface area (Å²) in [7, 11) is 1.32. The van der Waals surface area contributed by atoms with Gasteiger partial charge in [0.2, 0.25) is 5.91 Å². The van der Waals surface area contributed by atoms with Crippen LogP contribution in [0.2, 0.25) is 0 Å². The van der Waals surface area contributed by atoms with E-state index in [-0.39, 0.29) is 12.1 Å². The molecule has 1 aromatic rings. The number of nitrogen functional groups attached to an aromatic ring is 1. The van der Waals surface area contributed by atoms with Gasteiger partial charge in [-0.1, -0.05) is 0 Å². The molecule has 146 valence electrons. The maximum absolute atomic E-state index is 12.8. The summed E-state index contributed by atoms with van der Waals surface area (Å²) < 4.78 is 5.39. The van der Waals surface area contributed by atoms with Crippen molar-refractivity contribution < 1.29 is 24.2 Å². The fourth-order valence-corrected chi connectivity index (χ4v) is 5.77. The van der Waals surface area contributed by atoms with Crippen molar-refractivity contribution in [1.29, 1.82) is 0 Å². The zero-order valence-electron chi connectivity index (χ0n) is 14.6. The number of carboxylic acids is 1. The van der Waals surface area contributed by atoms with Crippen molar-refractivity contribution in [1.82, 2.24) is 15.2 Å². The summed E-state index contributed by atoms with van der Waals surface area (Å²) in [4.78, 5) is 42.2. The van der Waals surface area contributed by atoms with Crippen LogP contribution in [0.5, 0.6) is 0 Å². The van der Waals surface area contributed by atoms with E-state index >= 15 is 0 Å². The highest BCUT2D eigenvalue weighted by molar-refractivity contribution is 8.00. The van der Waals surface area contributed by atoms with Gasteiger partial charge in [0.25, 0.3) is 11.6 Å². The predicted molar refractivity (Wildman–Crippen MR) is 104 cm³/mol. The first-order chi connectivity index (χ1) is 12.8. The molecule has 0 unspecified atom stereocenters. The molecule has 0 saturated carbocycles. The number of ether oxygens (including phenoxy) is 1. The van der Waals surface area contributed by atoms with Gasteiger partial charge in [0, 0.05) is 24.0 Å². The molecule has 2 amide bonds. The van der Waals surface area contributed by atoms with Crippen molar-refractivity contribution in [3.05, 3.63) is 22.3 Å². The van der Waals surface area contributed by atoms with Gasteiger partial charge in [-0.05, 0) is 11.8 Å². The first-order valence-electron chi connectivity index (χ1n) is 7.79. The van der Waals surface area contributed by atoms with E-state index in [1.54, 1.807) is 5.38 Å². The molecule has 0 aliphatic carbocycles. The minimum Gasteiger partial charge on any atom is -0.477 e. The number of anilines is 1. The molecule has 4 N–H and O–H groups in total. The summed E-state index contributed by atoms with van der Waals surface area (Å²) in [5.74, 6) is -1.24. The number of hydrogen-bond acceptors (Lipinski definition) is 9. The van der Waals surface area contributed by atoms with Crippen molar-refractivity contribution >= 4 is 57.8 Å². The Morgan fingerprint density at radius 1 is 1.59 bits per heavy atom. The number of aromatic nitrogens is 1. The van der Waals surface area contributed by atoms with Gasteiger partial charge < -0.3 is 20.9 Å². The van der Waals surface area contributed by atoms with Crippen LogP contribution in [0.15, 0.2) is 16.7 Å². The number of hydrogen-bond donors (Lipinski definition) is 3. The number of aliphatic carboxylic acids is 1. The lowest BCUT2D eigenvalue weighted by Crippen LogP contribution is -2.80. The number of rotatable bonds is 7. The molecule has 1 fully saturated rings. The Kier molecular flexibility index (Phi) is 5.70. The first-order valence-corrected chi connectivity index (χ1v) is 11.1. The average molecular weight is 431 g/mol. The van der Waals surface area contributed by atoms with Gasteiger partial charge in [-0.25, -0.2) is 9.78 Å². The van der Waals surface area contributed by atoms with Gasteiger partial charge in [-0.2, -0.15) is 11.8 Å². The number of carbonyl (C=O) groups excluding carboxylic acids is 2. The smallest absolute Gasteiger partial charge is 0.352 e. The van der Waals surface area contributed by atoms with Gasteiger partial charge in [0.05, 0.1) is 12.1 Å². The van der Waals surface area contributed by atoms with Gasteiger partial charge in [0.1, 0.15) is 11.1 Å². The van der Waals surface area contributed by atoms with Crippen LogP contribution in [-0.2, 0) is 25.5 Å². The van der Waals surface area contributed by atoms with Crippen LogP contribution in [0.1, 0.15) is 5.69 Å². The summed E-state index contributed by atoms with van der Waals surface area (Å²) >= 11 is 4.07. The molecule has 12 heteroatoms. The van der Waals surface area contributed by atoms with Crippen molar-refractivity contribution in [2.75, 3.05) is 30.6 Å². The van der Waals surface area contributed by atoms with E-state index in [1.165, 1.54) is 46.9 Å². The van der Waals surface area contributed by atoms with E-state index in [1.807, 2.05) is 6.26 Å². The lowest BCUT2D eigenvalue weighted by Gasteiger charge is -2.55. The molecule has 0 bridgehead atoms. The van der Waals surface area contributed by atoms with E-state index < -0.39 is 28.9 Å². The van der Waals surface area contributed by atoms with E-state index in [4.69, 9.17) is 10.5 Å². The van der Waals surface area contributed by atoms with E-state index in [0.717, 1.165) is 0 Å². The number of β-lactam (4-membered cyclic amide) rings is 1. The lowest BCUT2D eigenvalue weighted by atomic mass is 9.98. The second-order valence-corrected chi connectivity index (χ2v) is 8.69. The molecule has 9 nitrogen and oxygen atoms in total. The Morgan fingerprint density at radius 2 is 2.33 bits per heavy atom. The lowest BCUT2D eigenvalue weighted by molar-refractivity contribution is -0.192. The number of methoxy groups -OCH3 is 1. The average Bonchev–Trinajstić information content (AvgIpc) is 3.03. The summed E-state index contributed by atoms with van der Waals surface area (Å²) in [5.41, 5.74) is 5.13. The van der Waals surface area contributed by atoms with Crippen LogP contribution >= 0.6 is 34.9 Å². The van der Waals surface area contributed by atoms with Crippen LogP contribution < -0.4 is 11.1 Å². The van der Waals surface area contributed by atoms with Gasteiger partial charge >= 0.3 is 5.97 Å². The zero-order chi connectivity index (χ0) is 19.8. The number of nitrogens with one attached hydrogen (secondary N) is 1. The van der Waals surface area contributed by atoms with Crippen molar-refractivity contribution in [2.24, 2.45) is 0 Å². The summed E-state index contributed by atoms with van der Waals surface area (Å²) in [6, 6.07) is 0. The minimum absolute atomic E-state index is 0.0210. The molecule has 1 saturated heterocycles. The fraction of sp³-hybridized carbons (Fsp3) is 0.467. The highest BCUT2D eigenvalue weighted by Gasteiger charge is 2.66. The number of amides is 2. The summed E-state index contributed by atoms with van der Waals surface area (Å²) in [6.45, 7) is 0. The van der Waals surface area contributed by atoms with Gasteiger partial charge in [-0.15, -0.1) is 23.1 Å². The van der Waals surface area contributed by atoms with Crippen LogP contribution in [-0.4, -0.2) is 68.7 Å². The fourth-order valence-electron chi connectivity index (χ4n) is 3.05. The van der Waals surface area contributed by atoms with Crippen LogP contribution in [0.25, 0.3) is 0 Å². The molecule has 27 heavy (non-hydrogen) atoms. The number of nitrogens with zero attached hydrogens (tertiary/aromatic N) is 2. The van der Waals surface area contributed by atoms with Crippen molar-refractivity contribution in [2.45, 2.75) is 17.5 Å². The number of fused-ring (bicyclic) bond motifs is 1. The maximum Gasteiger partial charge on any atom is 0.352 e. The second kappa shape index (κ2) is 7.70. The third-order valence-electron chi connectivity index (χ3n) is 4.19. The van der Waals surface area contributed by atoms with Crippen LogP contribution in [0.4, 0.5) is 5.13 Å². The molecule has 3 rings (SSSR count). The number of thiazole rings is 1. The highest BCUT2D eigenvalue weighted by atomic mass is 32.2. The molecule has 1 aromatic heterocycles. The van der Waals surface area contributed by atoms with Gasteiger partial charge in [0.15, 0.2) is 5.13 Å². The predicted octanol–water partition coefficient (Wildman–Crippen LogP) is 0.344. The molecular formula is C15H18N4O5S3. The molecule has 0 aromatic carbocycles. The maximum atomic E-state index is 12.8. The third-order valence-corrected chi connectivity index (χ3v) is 6.92. The Bertz CT molecular complexity index is 826. The Hall–Kier alpha value is -1.76. The van der Waals surface area contributed by atoms with Crippen molar-refractivity contribution in [3.63, 3.8) is 0 Å². The first kappa shape index (κ1) is 20.0. The Labute approximate surface area is 167 Å². The quantitative estimate of drug-likeness (QED) is 0.413. The van der Waals surface area contributed by atoms with E-state index in [2.05, 4.69) is 10.3 Å². The van der Waals surface area contributed by atoms with Crippen LogP contribution in [0, 0.1) is 0 Å². The topological polar surface area (TPSA) is 135 Å². The summed E-state index contributed by atoms with van der Waals surface area (Å²) in [5, 5.41) is 13.6. The zero-order valence-corrected chi connectivity index (χ0v) is 17.0. The molecule has 2 aliphatic rings. The van der Waals surface area contributed by atoms with E-state index in [9.17, 15) is 19.5 Å². The van der Waals surface area contributed by atoms with Crippen LogP contribution in [0.3, 0.4) is 0 Å². The number of carbonyl (C=O) groups is 3. The number of carboxylic acid groups (broad SMARTS) is 1. The van der Waals surface area contributed by atoms with Gasteiger partial charge in [-0.3, -0.25) is 14.5 Å². The molecule has 2 aliphatic heterocycles. The second-order valence-electron chi connectivity index (χ2n) is 5.87. The number of nitrogens with two attached hydrogens (primary N) is 1. The SMILES string of the molecule is CO[C@@]1(NC(=O)Cc2csc(N)n2)C(=O)N2C(C(=O)O)=C(CSC)CS[C@@H]21. The normalized spacial score (nSPS) is 24.4. The van der Waals surface area contributed by atoms with E-state index in [0.29, 0.717) is 27.9 Å². The molecule has 2 atom stereocenters.